The summed E-state index contributed by atoms with van der Waals surface area (Å²) in [4.78, 5) is 0. The van der Waals surface area contributed by atoms with Gasteiger partial charge in [-0.05, 0) is 31.9 Å². The van der Waals surface area contributed by atoms with Gasteiger partial charge in [-0.3, -0.25) is 0 Å². The van der Waals surface area contributed by atoms with Crippen LogP contribution in [0.1, 0.15) is 18.9 Å². The molecule has 0 spiro atoms. The molecule has 1 atom stereocenters. The van der Waals surface area contributed by atoms with Crippen LogP contribution in [-0.4, -0.2) is 11.1 Å². The first-order valence-corrected chi connectivity index (χ1v) is 4.33. The van der Waals surface area contributed by atoms with Crippen LogP contribution in [0.15, 0.2) is 18.2 Å². The van der Waals surface area contributed by atoms with Crippen molar-refractivity contribution in [3.63, 3.8) is 0 Å². The molecule has 2 nitrogen and oxygen atoms in total. The number of nitrogens with two attached hydrogens (primary N) is 1. The molecular weight excluding hydrogens is 169 g/mol. The van der Waals surface area contributed by atoms with E-state index in [1.54, 1.807) is 0 Å². The van der Waals surface area contributed by atoms with Crippen molar-refractivity contribution in [3.05, 3.63) is 29.6 Å². The van der Waals surface area contributed by atoms with Crippen LogP contribution in [0, 0.1) is 5.82 Å². The van der Waals surface area contributed by atoms with Gasteiger partial charge in [0.25, 0.3) is 0 Å². The number of hydrogen-bond donors (Lipinski definition) is 2. The Morgan fingerprint density at radius 3 is 2.77 bits per heavy atom. The molecule has 0 bridgehead atoms. The molecule has 0 aliphatic rings. The number of aromatic hydroxyl groups is 1. The van der Waals surface area contributed by atoms with Crippen LogP contribution in [-0.2, 0) is 6.42 Å². The second-order valence-corrected chi connectivity index (χ2v) is 3.25. The smallest absolute Gasteiger partial charge is 0.130 e. The maximum Gasteiger partial charge on any atom is 0.130 e. The summed E-state index contributed by atoms with van der Waals surface area (Å²) >= 11 is 0. The fraction of sp³-hybridized carbons (Fsp3) is 0.400. The quantitative estimate of drug-likeness (QED) is 0.750. The summed E-state index contributed by atoms with van der Waals surface area (Å²) in [5.74, 6) is -0.346. The Morgan fingerprint density at radius 2 is 2.23 bits per heavy atom. The minimum atomic E-state index is -0.361. The molecule has 0 fully saturated rings. The van der Waals surface area contributed by atoms with E-state index in [1.165, 1.54) is 18.2 Å². The average Bonchev–Trinajstić information content (AvgIpc) is 2.03. The first-order valence-electron chi connectivity index (χ1n) is 4.33. The van der Waals surface area contributed by atoms with Gasteiger partial charge in [0.15, 0.2) is 0 Å². The Labute approximate surface area is 77.2 Å². The Hall–Kier alpha value is -1.09. The summed E-state index contributed by atoms with van der Waals surface area (Å²) in [5.41, 5.74) is 5.90. The lowest BCUT2D eigenvalue weighted by molar-refractivity contribution is 0.455. The molecule has 1 aromatic carbocycles. The zero-order chi connectivity index (χ0) is 9.84. The van der Waals surface area contributed by atoms with Crippen LogP contribution in [0.25, 0.3) is 0 Å². The van der Waals surface area contributed by atoms with Crippen LogP contribution in [0.2, 0.25) is 0 Å². The standard InChI is InChI=1S/C10H14FNO/c1-7(12)5-6-8-9(11)3-2-4-10(8)13/h2-4,7,13H,5-6,12H2,1H3/t7-/m1/s1. The zero-order valence-electron chi connectivity index (χ0n) is 7.63. The van der Waals surface area contributed by atoms with E-state index in [0.29, 0.717) is 18.4 Å². The molecule has 0 radical (unpaired) electrons. The molecule has 0 saturated heterocycles. The molecule has 3 heteroatoms. The maximum atomic E-state index is 13.1. The number of phenolic OH excluding ortho intramolecular Hbond substituents is 1. The maximum absolute atomic E-state index is 13.1. The Balaban J connectivity index is 2.75. The van der Waals surface area contributed by atoms with Gasteiger partial charge in [0.05, 0.1) is 0 Å². The highest BCUT2D eigenvalue weighted by Crippen LogP contribution is 2.21. The molecule has 0 aromatic heterocycles. The van der Waals surface area contributed by atoms with Crippen LogP contribution in [0.4, 0.5) is 4.39 Å². The summed E-state index contributed by atoms with van der Waals surface area (Å²) in [7, 11) is 0. The molecule has 3 N–H and O–H groups in total. The predicted molar refractivity (Wildman–Crippen MR) is 50.0 cm³/mol. The molecule has 0 saturated carbocycles. The van der Waals surface area contributed by atoms with Crippen molar-refractivity contribution >= 4 is 0 Å². The monoisotopic (exact) mass is 183 g/mol. The Bertz CT molecular complexity index is 266. The van der Waals surface area contributed by atoms with Gasteiger partial charge >= 0.3 is 0 Å². The molecule has 1 rings (SSSR count). The van der Waals surface area contributed by atoms with Crippen molar-refractivity contribution in [2.75, 3.05) is 0 Å². The number of phenols is 1. The van der Waals surface area contributed by atoms with E-state index in [9.17, 15) is 9.50 Å². The lowest BCUT2D eigenvalue weighted by Gasteiger charge is -2.07. The van der Waals surface area contributed by atoms with Crippen molar-refractivity contribution in [1.82, 2.24) is 0 Å². The minimum absolute atomic E-state index is 0.0145. The van der Waals surface area contributed by atoms with E-state index in [-0.39, 0.29) is 17.6 Å². The fourth-order valence-electron chi connectivity index (χ4n) is 1.17. The van der Waals surface area contributed by atoms with Crippen molar-refractivity contribution in [2.45, 2.75) is 25.8 Å². The highest BCUT2D eigenvalue weighted by molar-refractivity contribution is 5.33. The van der Waals surface area contributed by atoms with Gasteiger partial charge in [-0.15, -0.1) is 0 Å². The molecule has 72 valence electrons. The van der Waals surface area contributed by atoms with E-state index in [0.717, 1.165) is 0 Å². The number of halogens is 1. The molecule has 0 aliphatic heterocycles. The first-order chi connectivity index (χ1) is 6.11. The third-order valence-electron chi connectivity index (χ3n) is 1.94. The Morgan fingerprint density at radius 1 is 1.54 bits per heavy atom. The van der Waals surface area contributed by atoms with E-state index in [4.69, 9.17) is 5.73 Å². The molecule has 0 heterocycles. The molecule has 13 heavy (non-hydrogen) atoms. The number of hydrogen-bond acceptors (Lipinski definition) is 2. The number of rotatable bonds is 3. The summed E-state index contributed by atoms with van der Waals surface area (Å²) in [6.07, 6.45) is 1.16. The van der Waals surface area contributed by atoms with Crippen LogP contribution < -0.4 is 5.73 Å². The van der Waals surface area contributed by atoms with Gasteiger partial charge in [0, 0.05) is 11.6 Å². The highest BCUT2D eigenvalue weighted by atomic mass is 19.1. The second-order valence-electron chi connectivity index (χ2n) is 3.25. The van der Waals surface area contributed by atoms with Crippen LogP contribution in [0.3, 0.4) is 0 Å². The van der Waals surface area contributed by atoms with Crippen molar-refractivity contribution in [3.8, 4) is 5.75 Å². The van der Waals surface area contributed by atoms with Crippen molar-refractivity contribution in [1.29, 1.82) is 0 Å². The summed E-state index contributed by atoms with van der Waals surface area (Å²) < 4.78 is 13.1. The fourth-order valence-corrected chi connectivity index (χ4v) is 1.17. The number of benzene rings is 1. The van der Waals surface area contributed by atoms with Crippen LogP contribution >= 0.6 is 0 Å². The van der Waals surface area contributed by atoms with Crippen LogP contribution in [0.5, 0.6) is 5.75 Å². The molecule has 0 aliphatic carbocycles. The van der Waals surface area contributed by atoms with Gasteiger partial charge in [0.1, 0.15) is 11.6 Å². The average molecular weight is 183 g/mol. The lowest BCUT2D eigenvalue weighted by atomic mass is 10.1. The van der Waals surface area contributed by atoms with Crippen molar-refractivity contribution in [2.24, 2.45) is 5.73 Å². The lowest BCUT2D eigenvalue weighted by Crippen LogP contribution is -2.15. The van der Waals surface area contributed by atoms with Gasteiger partial charge in [0.2, 0.25) is 0 Å². The third kappa shape index (κ3) is 2.70. The summed E-state index contributed by atoms with van der Waals surface area (Å²) in [5, 5.41) is 9.32. The molecular formula is C10H14FNO. The van der Waals surface area contributed by atoms with E-state index < -0.39 is 0 Å². The molecule has 1 aromatic rings. The minimum Gasteiger partial charge on any atom is -0.508 e. The predicted octanol–water partition coefficient (Wildman–Crippen LogP) is 1.81. The van der Waals surface area contributed by atoms with Gasteiger partial charge < -0.3 is 10.8 Å². The van der Waals surface area contributed by atoms with E-state index >= 15 is 0 Å². The largest absolute Gasteiger partial charge is 0.508 e. The Kier molecular flexibility index (Phi) is 3.25. The zero-order valence-corrected chi connectivity index (χ0v) is 7.63. The molecule has 0 amide bonds. The van der Waals surface area contributed by atoms with Crippen molar-refractivity contribution < 1.29 is 9.50 Å². The van der Waals surface area contributed by atoms with E-state index in [2.05, 4.69) is 0 Å². The normalized spacial score (nSPS) is 12.8. The third-order valence-corrected chi connectivity index (χ3v) is 1.94. The second kappa shape index (κ2) is 4.23. The van der Waals surface area contributed by atoms with Gasteiger partial charge in [-0.25, -0.2) is 4.39 Å². The topological polar surface area (TPSA) is 46.2 Å². The first kappa shape index (κ1) is 9.99. The van der Waals surface area contributed by atoms with E-state index in [1.807, 2.05) is 6.92 Å². The van der Waals surface area contributed by atoms with Gasteiger partial charge in [-0.1, -0.05) is 6.07 Å². The summed E-state index contributed by atoms with van der Waals surface area (Å²) in [6.45, 7) is 1.86. The van der Waals surface area contributed by atoms with Gasteiger partial charge in [-0.2, -0.15) is 0 Å². The summed E-state index contributed by atoms with van der Waals surface area (Å²) in [6, 6.07) is 4.34. The SMILES string of the molecule is C[C@@H](N)CCc1c(O)cccc1F. The molecule has 0 unspecified atom stereocenters. The highest BCUT2D eigenvalue weighted by Gasteiger charge is 2.07.